The highest BCUT2D eigenvalue weighted by atomic mass is 16.3. The van der Waals surface area contributed by atoms with Crippen molar-refractivity contribution in [1.82, 2.24) is 10.3 Å². The number of aromatic nitrogens is 1. The van der Waals surface area contributed by atoms with E-state index >= 15 is 0 Å². The third kappa shape index (κ3) is 1.67. The molecule has 1 amide bonds. The highest BCUT2D eigenvalue weighted by Gasteiger charge is 2.48. The van der Waals surface area contributed by atoms with Gasteiger partial charge in [0.15, 0.2) is 0 Å². The highest BCUT2D eigenvalue weighted by Crippen LogP contribution is 2.58. The summed E-state index contributed by atoms with van der Waals surface area (Å²) in [5.74, 6) is 2.40. The average Bonchev–Trinajstić information content (AvgIpc) is 2.89. The van der Waals surface area contributed by atoms with Crippen molar-refractivity contribution in [2.75, 3.05) is 0 Å². The van der Waals surface area contributed by atoms with Crippen LogP contribution in [0, 0.1) is 17.8 Å². The van der Waals surface area contributed by atoms with Gasteiger partial charge in [0.25, 0.3) is 5.91 Å². The number of nitrogens with one attached hydrogen (secondary N) is 2. The lowest BCUT2D eigenvalue weighted by Gasteiger charge is -2.53. The zero-order valence-electron chi connectivity index (χ0n) is 12.2. The van der Waals surface area contributed by atoms with Crippen LogP contribution >= 0.6 is 0 Å². The lowest BCUT2D eigenvalue weighted by Crippen LogP contribution is -2.45. The Morgan fingerprint density at radius 1 is 1.18 bits per heavy atom. The molecule has 2 unspecified atom stereocenters. The molecule has 2 aromatic rings. The molecule has 1 aromatic heterocycles. The molecular weight excluding hydrogens is 276 g/mol. The van der Waals surface area contributed by atoms with Crippen LogP contribution in [-0.2, 0) is 0 Å². The van der Waals surface area contributed by atoms with Crippen molar-refractivity contribution in [1.29, 1.82) is 0 Å². The van der Waals surface area contributed by atoms with Crippen molar-refractivity contribution in [3.63, 3.8) is 0 Å². The fourth-order valence-corrected chi connectivity index (χ4v) is 4.75. The normalized spacial score (nSPS) is 28.8. The maximum absolute atomic E-state index is 12.5. The second-order valence-electron chi connectivity index (χ2n) is 7.01. The van der Waals surface area contributed by atoms with E-state index in [-0.39, 0.29) is 11.7 Å². The average molecular weight is 294 g/mol. The van der Waals surface area contributed by atoms with E-state index in [1.54, 1.807) is 12.1 Å². The van der Waals surface area contributed by atoms with Gasteiger partial charge < -0.3 is 15.4 Å². The Morgan fingerprint density at radius 3 is 2.77 bits per heavy atom. The number of carbonyl (C=O) groups excluding carboxylic acids is 1. The van der Waals surface area contributed by atoms with Crippen molar-refractivity contribution >= 4 is 16.8 Å². The minimum atomic E-state index is -0.0647. The molecule has 0 radical (unpaired) electrons. The number of rotatable bonds is 2. The van der Waals surface area contributed by atoms with Gasteiger partial charge in [0.2, 0.25) is 0 Å². The van der Waals surface area contributed by atoms with Crippen LogP contribution in [-0.4, -0.2) is 16.0 Å². The molecule has 7 rings (SSSR count). The molecule has 4 nitrogen and oxygen atoms in total. The molecule has 3 saturated carbocycles. The monoisotopic (exact) mass is 294 g/mol. The number of allylic oxidation sites excluding steroid dienone is 2. The Hall–Kier alpha value is -2.23. The Bertz CT molecular complexity index is 819. The topological polar surface area (TPSA) is 65.1 Å². The molecule has 3 fully saturated rings. The van der Waals surface area contributed by atoms with Crippen LogP contribution in [0.4, 0.5) is 0 Å². The summed E-state index contributed by atoms with van der Waals surface area (Å²) < 4.78 is 0. The van der Waals surface area contributed by atoms with E-state index in [1.165, 1.54) is 30.5 Å². The second-order valence-corrected chi connectivity index (χ2v) is 7.01. The first kappa shape index (κ1) is 12.3. The maximum Gasteiger partial charge on any atom is 0.271 e. The van der Waals surface area contributed by atoms with Gasteiger partial charge in [0, 0.05) is 22.7 Å². The first-order valence-corrected chi connectivity index (χ1v) is 8.03. The number of benzene rings is 1. The van der Waals surface area contributed by atoms with E-state index in [1.807, 2.05) is 12.1 Å². The van der Waals surface area contributed by atoms with Crippen molar-refractivity contribution < 1.29 is 9.90 Å². The van der Waals surface area contributed by atoms with E-state index in [9.17, 15) is 9.90 Å². The summed E-state index contributed by atoms with van der Waals surface area (Å²) in [5, 5.41) is 13.6. The maximum atomic E-state index is 12.5. The number of fused-ring (bicyclic) bond motifs is 2. The summed E-state index contributed by atoms with van der Waals surface area (Å²) in [7, 11) is 0. The third-order valence-electron chi connectivity index (χ3n) is 5.64. The van der Waals surface area contributed by atoms with Gasteiger partial charge in [-0.1, -0.05) is 0 Å². The Kier molecular flexibility index (Phi) is 2.33. The minimum Gasteiger partial charge on any atom is -0.508 e. The van der Waals surface area contributed by atoms with Crippen LogP contribution in [0.3, 0.4) is 0 Å². The van der Waals surface area contributed by atoms with E-state index < -0.39 is 0 Å². The zero-order valence-corrected chi connectivity index (χ0v) is 12.2. The van der Waals surface area contributed by atoms with E-state index in [0.717, 1.165) is 35.1 Å². The van der Waals surface area contributed by atoms with Crippen LogP contribution in [0.25, 0.3) is 10.9 Å². The summed E-state index contributed by atoms with van der Waals surface area (Å²) in [5.41, 5.74) is 4.07. The summed E-state index contributed by atoms with van der Waals surface area (Å²) in [4.78, 5) is 15.6. The lowest BCUT2D eigenvalue weighted by atomic mass is 9.53. The van der Waals surface area contributed by atoms with Crippen LogP contribution in [0.2, 0.25) is 0 Å². The fraction of sp³-hybridized carbons (Fsp3) is 0.389. The number of phenolic OH excluding ortho intramolecular Hbond substituents is 1. The van der Waals surface area contributed by atoms with Crippen LogP contribution in [0.15, 0.2) is 35.5 Å². The van der Waals surface area contributed by atoms with Crippen molar-refractivity contribution in [2.24, 2.45) is 17.8 Å². The zero-order chi connectivity index (χ0) is 14.8. The number of hydrogen-bond donors (Lipinski definition) is 3. The quantitative estimate of drug-likeness (QED) is 0.795. The third-order valence-corrected chi connectivity index (χ3v) is 5.64. The predicted octanol–water partition coefficient (Wildman–Crippen LogP) is 3.31. The van der Waals surface area contributed by atoms with Gasteiger partial charge in [0.1, 0.15) is 11.4 Å². The molecule has 2 atom stereocenters. The number of H-pyrrole nitrogens is 1. The van der Waals surface area contributed by atoms with Gasteiger partial charge in [-0.2, -0.15) is 0 Å². The SMILES string of the molecule is O=C(NC1=C2C3CC(C1)CC2C3)c1cc2ccc(O)cc2[nH]1. The number of hydrogen-bond acceptors (Lipinski definition) is 2. The standard InChI is InChI=1S/C18H18N2O2/c21-13-2-1-10-7-16(19-14(10)8-13)18(22)20-15-5-9-3-11-6-12(4-9)17(11)15/h1-2,7-9,11-12,19,21H,3-6H2,(H,20,22). The van der Waals surface area contributed by atoms with Gasteiger partial charge in [-0.25, -0.2) is 0 Å². The first-order chi connectivity index (χ1) is 10.7. The molecule has 4 heteroatoms. The molecule has 3 N–H and O–H groups in total. The second kappa shape index (κ2) is 4.15. The Labute approximate surface area is 128 Å². The van der Waals surface area contributed by atoms with E-state index in [2.05, 4.69) is 10.3 Å². The highest BCUT2D eigenvalue weighted by molar-refractivity contribution is 5.99. The van der Waals surface area contributed by atoms with Gasteiger partial charge in [-0.15, -0.1) is 0 Å². The molecule has 5 aliphatic rings. The van der Waals surface area contributed by atoms with Crippen molar-refractivity contribution in [3.8, 4) is 5.75 Å². The van der Waals surface area contributed by atoms with Crippen LogP contribution < -0.4 is 5.32 Å². The van der Waals surface area contributed by atoms with E-state index in [0.29, 0.717) is 5.69 Å². The van der Waals surface area contributed by atoms with Crippen molar-refractivity contribution in [3.05, 3.63) is 41.2 Å². The molecule has 1 aromatic carbocycles. The van der Waals surface area contributed by atoms with Gasteiger partial charge >= 0.3 is 0 Å². The minimum absolute atomic E-state index is 0.0647. The van der Waals surface area contributed by atoms with Gasteiger partial charge in [-0.3, -0.25) is 4.79 Å². The smallest absolute Gasteiger partial charge is 0.271 e. The fourth-order valence-electron chi connectivity index (χ4n) is 4.75. The molecule has 0 aliphatic heterocycles. The van der Waals surface area contributed by atoms with Crippen LogP contribution in [0.5, 0.6) is 5.75 Å². The number of carbonyl (C=O) groups is 1. The molecule has 1 heterocycles. The molecule has 22 heavy (non-hydrogen) atoms. The molecule has 0 saturated heterocycles. The molecule has 4 bridgehead atoms. The van der Waals surface area contributed by atoms with Crippen LogP contribution in [0.1, 0.15) is 36.2 Å². The number of amides is 1. The first-order valence-electron chi connectivity index (χ1n) is 8.03. The Morgan fingerprint density at radius 2 is 2.00 bits per heavy atom. The molecule has 112 valence electrons. The number of aromatic amines is 1. The number of phenols is 1. The largest absolute Gasteiger partial charge is 0.508 e. The number of aromatic hydroxyl groups is 1. The summed E-state index contributed by atoms with van der Waals surface area (Å²) in [6.45, 7) is 0. The van der Waals surface area contributed by atoms with Gasteiger partial charge in [0.05, 0.1) is 0 Å². The summed E-state index contributed by atoms with van der Waals surface area (Å²) in [6, 6.07) is 6.94. The molecular formula is C18H18N2O2. The van der Waals surface area contributed by atoms with Gasteiger partial charge in [-0.05, 0) is 67.2 Å². The summed E-state index contributed by atoms with van der Waals surface area (Å²) in [6.07, 6.45) is 5.03. The predicted molar refractivity (Wildman–Crippen MR) is 83.4 cm³/mol. The lowest BCUT2D eigenvalue weighted by molar-refractivity contribution is 0.0916. The van der Waals surface area contributed by atoms with Crippen molar-refractivity contribution in [2.45, 2.75) is 25.7 Å². The molecule has 0 spiro atoms. The van der Waals surface area contributed by atoms with E-state index in [4.69, 9.17) is 0 Å². The Balaban J connectivity index is 1.44. The summed E-state index contributed by atoms with van der Waals surface area (Å²) >= 11 is 0. The molecule has 5 aliphatic carbocycles.